The monoisotopic (exact) mass is 467 g/mol. The Hall–Kier alpha value is -3.52. The smallest absolute Gasteiger partial charge is 0.322 e. The van der Waals surface area contributed by atoms with E-state index in [4.69, 9.17) is 21.1 Å². The number of methoxy groups -OCH3 is 1. The van der Waals surface area contributed by atoms with Crippen molar-refractivity contribution < 1.29 is 14.3 Å². The lowest BCUT2D eigenvalue weighted by Crippen LogP contribution is -2.50. The molecule has 4 rings (SSSR count). The highest BCUT2D eigenvalue weighted by molar-refractivity contribution is 6.31. The second-order valence-electron chi connectivity index (χ2n) is 7.48. The van der Waals surface area contributed by atoms with Crippen molar-refractivity contribution in [3.63, 3.8) is 0 Å². The molecule has 1 aromatic heterocycles. The molecular weight excluding hydrogens is 442 g/mol. The summed E-state index contributed by atoms with van der Waals surface area (Å²) >= 11 is 6.05. The summed E-state index contributed by atoms with van der Waals surface area (Å²) in [5, 5.41) is 12.2. The lowest BCUT2D eigenvalue weighted by Gasteiger charge is -2.35. The van der Waals surface area contributed by atoms with Gasteiger partial charge in [-0.1, -0.05) is 11.6 Å². The molecule has 172 valence electrons. The fourth-order valence-electron chi connectivity index (χ4n) is 3.65. The van der Waals surface area contributed by atoms with Crippen molar-refractivity contribution in [2.45, 2.75) is 6.92 Å². The second kappa shape index (κ2) is 10.4. The number of anilines is 2. The Labute approximate surface area is 198 Å². The first-order chi connectivity index (χ1) is 16.1. The fraction of sp³-hybridized carbons (Fsp3) is 0.292. The van der Waals surface area contributed by atoms with Crippen LogP contribution in [0.2, 0.25) is 5.02 Å². The number of halogens is 1. The molecule has 2 aromatic carbocycles. The molecule has 2 amide bonds. The van der Waals surface area contributed by atoms with Crippen LogP contribution in [0.5, 0.6) is 11.5 Å². The maximum absolute atomic E-state index is 12.7. The molecular formula is C24H26ClN5O3. The predicted molar refractivity (Wildman–Crippen MR) is 129 cm³/mol. The topological polar surface area (TPSA) is 79.8 Å². The number of nitrogens with one attached hydrogen (secondary N) is 1. The zero-order valence-corrected chi connectivity index (χ0v) is 19.4. The van der Waals surface area contributed by atoms with E-state index in [0.29, 0.717) is 49.2 Å². The van der Waals surface area contributed by atoms with Gasteiger partial charge >= 0.3 is 6.03 Å². The van der Waals surface area contributed by atoms with Crippen LogP contribution in [0.1, 0.15) is 6.92 Å². The van der Waals surface area contributed by atoms with Crippen LogP contribution in [0.4, 0.5) is 16.3 Å². The molecule has 9 heteroatoms. The standard InChI is InChI=1S/C24H26ClN5O3/c1-3-33-19-7-4-17(5-8-19)20-9-11-23(28-27-20)29-12-14-30(15-13-29)24(31)26-21-16-18(25)6-10-22(21)32-2/h4-11,16H,3,12-15H2,1-2H3,(H,26,31). The van der Waals surface area contributed by atoms with Crippen molar-refractivity contribution in [2.24, 2.45) is 0 Å². The van der Waals surface area contributed by atoms with E-state index >= 15 is 0 Å². The Morgan fingerprint density at radius 1 is 1.03 bits per heavy atom. The summed E-state index contributed by atoms with van der Waals surface area (Å²) in [5.74, 6) is 2.19. The number of nitrogens with zero attached hydrogens (tertiary/aromatic N) is 4. The lowest BCUT2D eigenvalue weighted by molar-refractivity contribution is 0.208. The Bertz CT molecular complexity index is 1080. The number of carbonyl (C=O) groups excluding carboxylic acids is 1. The van der Waals surface area contributed by atoms with Gasteiger partial charge in [0, 0.05) is 36.8 Å². The summed E-state index contributed by atoms with van der Waals surface area (Å²) in [6, 6.07) is 16.7. The van der Waals surface area contributed by atoms with Crippen LogP contribution in [-0.2, 0) is 0 Å². The van der Waals surface area contributed by atoms with Crippen LogP contribution >= 0.6 is 11.6 Å². The van der Waals surface area contributed by atoms with Crippen LogP contribution < -0.4 is 19.7 Å². The van der Waals surface area contributed by atoms with Crippen molar-refractivity contribution in [1.82, 2.24) is 15.1 Å². The quantitative estimate of drug-likeness (QED) is 0.572. The average Bonchev–Trinajstić information content (AvgIpc) is 2.85. The minimum absolute atomic E-state index is 0.188. The summed E-state index contributed by atoms with van der Waals surface area (Å²) in [6.45, 7) is 5.06. The molecule has 3 aromatic rings. The van der Waals surface area contributed by atoms with Gasteiger partial charge in [0.1, 0.15) is 11.5 Å². The molecule has 1 saturated heterocycles. The molecule has 1 N–H and O–H groups in total. The van der Waals surface area contributed by atoms with E-state index in [1.165, 1.54) is 0 Å². The first kappa shape index (κ1) is 22.7. The van der Waals surface area contributed by atoms with Crippen molar-refractivity contribution in [2.75, 3.05) is 50.1 Å². The van der Waals surface area contributed by atoms with Gasteiger partial charge in [-0.05, 0) is 61.5 Å². The summed E-state index contributed by atoms with van der Waals surface area (Å²) in [7, 11) is 1.56. The Morgan fingerprint density at radius 3 is 2.42 bits per heavy atom. The first-order valence-corrected chi connectivity index (χ1v) is 11.2. The fourth-order valence-corrected chi connectivity index (χ4v) is 3.82. The van der Waals surface area contributed by atoms with E-state index in [1.54, 1.807) is 30.2 Å². The number of amides is 2. The number of carbonyl (C=O) groups is 1. The van der Waals surface area contributed by atoms with Crippen LogP contribution in [0.15, 0.2) is 54.6 Å². The summed E-state index contributed by atoms with van der Waals surface area (Å²) in [5.41, 5.74) is 2.33. The first-order valence-electron chi connectivity index (χ1n) is 10.8. The van der Waals surface area contributed by atoms with E-state index in [1.807, 2.05) is 43.3 Å². The molecule has 1 aliphatic heterocycles. The highest BCUT2D eigenvalue weighted by atomic mass is 35.5. The Morgan fingerprint density at radius 2 is 1.79 bits per heavy atom. The number of ether oxygens (including phenoxy) is 2. The van der Waals surface area contributed by atoms with E-state index in [0.717, 1.165) is 22.8 Å². The number of benzene rings is 2. The second-order valence-corrected chi connectivity index (χ2v) is 7.92. The SMILES string of the molecule is CCOc1ccc(-c2ccc(N3CCN(C(=O)Nc4cc(Cl)ccc4OC)CC3)nn2)cc1. The van der Waals surface area contributed by atoms with Crippen molar-refractivity contribution in [3.05, 3.63) is 59.6 Å². The van der Waals surface area contributed by atoms with E-state index in [9.17, 15) is 4.79 Å². The van der Waals surface area contributed by atoms with Gasteiger partial charge in [-0.25, -0.2) is 4.79 Å². The maximum Gasteiger partial charge on any atom is 0.322 e. The van der Waals surface area contributed by atoms with Crippen LogP contribution in [0, 0.1) is 0 Å². The van der Waals surface area contributed by atoms with Gasteiger partial charge < -0.3 is 24.6 Å². The van der Waals surface area contributed by atoms with E-state index in [-0.39, 0.29) is 6.03 Å². The third-order valence-electron chi connectivity index (χ3n) is 5.41. The Balaban J connectivity index is 1.34. The highest BCUT2D eigenvalue weighted by Crippen LogP contribution is 2.28. The van der Waals surface area contributed by atoms with Crippen molar-refractivity contribution in [1.29, 1.82) is 0 Å². The number of urea groups is 1. The maximum atomic E-state index is 12.7. The molecule has 0 bridgehead atoms. The molecule has 0 atom stereocenters. The van der Waals surface area contributed by atoms with Gasteiger partial charge in [0.15, 0.2) is 5.82 Å². The van der Waals surface area contributed by atoms with Gasteiger partial charge in [0.25, 0.3) is 0 Å². The number of hydrogen-bond donors (Lipinski definition) is 1. The van der Waals surface area contributed by atoms with Crippen molar-refractivity contribution >= 4 is 29.1 Å². The third-order valence-corrected chi connectivity index (χ3v) is 5.64. The molecule has 2 heterocycles. The molecule has 1 fully saturated rings. The van der Waals surface area contributed by atoms with Gasteiger partial charge in [-0.15, -0.1) is 10.2 Å². The minimum Gasteiger partial charge on any atom is -0.495 e. The molecule has 1 aliphatic rings. The van der Waals surface area contributed by atoms with Gasteiger partial charge in [-0.3, -0.25) is 0 Å². The molecule has 0 aliphatic carbocycles. The van der Waals surface area contributed by atoms with Gasteiger partial charge in [-0.2, -0.15) is 0 Å². The molecule has 0 radical (unpaired) electrons. The third kappa shape index (κ3) is 5.46. The summed E-state index contributed by atoms with van der Waals surface area (Å²) in [4.78, 5) is 16.6. The Kier molecular flexibility index (Phi) is 7.14. The van der Waals surface area contributed by atoms with Crippen LogP contribution in [0.3, 0.4) is 0 Å². The van der Waals surface area contributed by atoms with E-state index in [2.05, 4.69) is 20.4 Å². The molecule has 33 heavy (non-hydrogen) atoms. The number of hydrogen-bond acceptors (Lipinski definition) is 6. The van der Waals surface area contributed by atoms with Gasteiger partial charge in [0.2, 0.25) is 0 Å². The zero-order chi connectivity index (χ0) is 23.2. The highest BCUT2D eigenvalue weighted by Gasteiger charge is 2.23. The average molecular weight is 468 g/mol. The number of aromatic nitrogens is 2. The van der Waals surface area contributed by atoms with Crippen molar-refractivity contribution in [3.8, 4) is 22.8 Å². The zero-order valence-electron chi connectivity index (χ0n) is 18.6. The predicted octanol–water partition coefficient (Wildman–Crippen LogP) is 4.56. The molecule has 8 nitrogen and oxygen atoms in total. The molecule has 0 saturated carbocycles. The van der Waals surface area contributed by atoms with Gasteiger partial charge in [0.05, 0.1) is 25.1 Å². The summed E-state index contributed by atoms with van der Waals surface area (Å²) in [6.07, 6.45) is 0. The number of rotatable bonds is 6. The molecule has 0 spiro atoms. The largest absolute Gasteiger partial charge is 0.495 e. The molecule has 0 unspecified atom stereocenters. The normalized spacial score (nSPS) is 13.5. The summed E-state index contributed by atoms with van der Waals surface area (Å²) < 4.78 is 10.8. The van der Waals surface area contributed by atoms with Crippen LogP contribution in [0.25, 0.3) is 11.3 Å². The number of piperazine rings is 1. The lowest BCUT2D eigenvalue weighted by atomic mass is 10.1. The minimum atomic E-state index is -0.188. The van der Waals surface area contributed by atoms with Crippen LogP contribution in [-0.4, -0.2) is 61.0 Å². The van der Waals surface area contributed by atoms with E-state index < -0.39 is 0 Å².